The molecule has 0 bridgehead atoms. The molecule has 1 atom stereocenters. The van der Waals surface area contributed by atoms with Crippen molar-refractivity contribution in [3.63, 3.8) is 0 Å². The fourth-order valence-corrected chi connectivity index (χ4v) is 5.25. The molecule has 42 heavy (non-hydrogen) atoms. The van der Waals surface area contributed by atoms with Crippen molar-refractivity contribution in [2.45, 2.75) is 40.3 Å². The minimum absolute atomic E-state index is 0.0480. The van der Waals surface area contributed by atoms with Gasteiger partial charge in [0.15, 0.2) is 11.5 Å². The normalized spacial score (nSPS) is 16.2. The molecule has 1 amide bonds. The number of carbonyl (C=O) groups excluding carboxylic acids is 2. The molecule has 8 nitrogen and oxygen atoms in total. The van der Waals surface area contributed by atoms with E-state index in [-0.39, 0.29) is 11.3 Å². The van der Waals surface area contributed by atoms with Gasteiger partial charge in [-0.15, -0.1) is 0 Å². The Hall–Kier alpha value is -4.30. The zero-order valence-corrected chi connectivity index (χ0v) is 25.1. The molecule has 8 heteroatoms. The van der Waals surface area contributed by atoms with Crippen molar-refractivity contribution >= 4 is 17.4 Å². The maximum absolute atomic E-state index is 13.6. The lowest BCUT2D eigenvalue weighted by Gasteiger charge is -2.28. The number of aliphatic hydroxyl groups is 1. The lowest BCUT2D eigenvalue weighted by molar-refractivity contribution is -0.140. The number of ketones is 1. The fraction of sp³-hybridized carbons (Fsp3) is 0.353. The summed E-state index contributed by atoms with van der Waals surface area (Å²) in [4.78, 5) is 30.7. The van der Waals surface area contributed by atoms with Gasteiger partial charge < -0.3 is 29.1 Å². The molecule has 1 heterocycles. The summed E-state index contributed by atoms with van der Waals surface area (Å²) >= 11 is 0. The zero-order chi connectivity index (χ0) is 30.2. The van der Waals surface area contributed by atoms with Crippen molar-refractivity contribution in [3.05, 3.63) is 94.6 Å². The third-order valence-corrected chi connectivity index (χ3v) is 7.60. The number of likely N-dealkylation sites (N-methyl/N-ethyl adjacent to an activating group) is 1. The second-order valence-corrected chi connectivity index (χ2v) is 10.1. The molecule has 3 aromatic carbocycles. The van der Waals surface area contributed by atoms with Crippen LogP contribution in [0.15, 0.2) is 72.3 Å². The number of hydrogen-bond acceptors (Lipinski definition) is 7. The van der Waals surface area contributed by atoms with Crippen molar-refractivity contribution in [1.82, 2.24) is 9.80 Å². The average molecular weight is 573 g/mol. The van der Waals surface area contributed by atoms with Gasteiger partial charge in [0.2, 0.25) is 0 Å². The third-order valence-electron chi connectivity index (χ3n) is 7.60. The number of benzene rings is 3. The molecule has 222 valence electrons. The Morgan fingerprint density at radius 2 is 1.67 bits per heavy atom. The lowest BCUT2D eigenvalue weighted by Crippen LogP contribution is -2.38. The van der Waals surface area contributed by atoms with Crippen LogP contribution < -0.4 is 14.2 Å². The summed E-state index contributed by atoms with van der Waals surface area (Å²) in [6.07, 6.45) is 0. The zero-order valence-electron chi connectivity index (χ0n) is 25.1. The number of amides is 1. The molecule has 0 saturated carbocycles. The number of carbonyl (C=O) groups is 2. The van der Waals surface area contributed by atoms with Gasteiger partial charge in [-0.05, 0) is 74.0 Å². The Morgan fingerprint density at radius 1 is 0.929 bits per heavy atom. The number of ether oxygens (including phenoxy) is 3. The number of nitrogens with zero attached hydrogens (tertiary/aromatic N) is 2. The maximum atomic E-state index is 13.6. The number of hydrogen-bond donors (Lipinski definition) is 1. The number of likely N-dealkylation sites (tertiary alicyclic amines) is 1. The van der Waals surface area contributed by atoms with Crippen LogP contribution in [0.2, 0.25) is 0 Å². The summed E-state index contributed by atoms with van der Waals surface area (Å²) in [5.74, 6) is 0.116. The highest BCUT2D eigenvalue weighted by molar-refractivity contribution is 6.46. The van der Waals surface area contributed by atoms with Gasteiger partial charge in [0, 0.05) is 18.7 Å². The maximum Gasteiger partial charge on any atom is 0.295 e. The van der Waals surface area contributed by atoms with E-state index in [1.54, 1.807) is 36.3 Å². The Balaban J connectivity index is 1.74. The number of aliphatic hydroxyl groups excluding tert-OH is 1. The summed E-state index contributed by atoms with van der Waals surface area (Å²) in [5.41, 5.74) is 2.92. The first kappa shape index (κ1) is 30.7. The summed E-state index contributed by atoms with van der Waals surface area (Å²) in [6.45, 7) is 11.3. The van der Waals surface area contributed by atoms with Gasteiger partial charge in [0.05, 0.1) is 25.3 Å². The molecule has 4 rings (SSSR count). The SMILES string of the molecule is CCOc1ccc(C2C(=C(O)c3ccc(OCc4ccccc4)cc3C)C(=O)C(=O)N2CCN(CC)CC)cc1OC. The average Bonchev–Trinajstić information content (AvgIpc) is 3.26. The molecule has 1 saturated heterocycles. The Kier molecular flexibility index (Phi) is 10.3. The van der Waals surface area contributed by atoms with Gasteiger partial charge in [-0.3, -0.25) is 9.59 Å². The molecule has 1 unspecified atom stereocenters. The second-order valence-electron chi connectivity index (χ2n) is 10.1. The molecular formula is C34H40N2O6. The molecule has 1 aliphatic rings. The van der Waals surface area contributed by atoms with E-state index in [2.05, 4.69) is 18.7 Å². The van der Waals surface area contributed by atoms with Crippen LogP contribution >= 0.6 is 0 Å². The van der Waals surface area contributed by atoms with Crippen LogP contribution in [-0.4, -0.2) is 66.5 Å². The van der Waals surface area contributed by atoms with E-state index >= 15 is 0 Å². The first-order valence-corrected chi connectivity index (χ1v) is 14.4. The lowest BCUT2D eigenvalue weighted by atomic mass is 9.93. The summed E-state index contributed by atoms with van der Waals surface area (Å²) in [6, 6.07) is 19.7. The summed E-state index contributed by atoms with van der Waals surface area (Å²) in [5, 5.41) is 11.6. The second kappa shape index (κ2) is 14.0. The van der Waals surface area contributed by atoms with E-state index in [9.17, 15) is 14.7 Å². The molecule has 0 spiro atoms. The van der Waals surface area contributed by atoms with Gasteiger partial charge in [0.1, 0.15) is 18.1 Å². The molecule has 0 aromatic heterocycles. The third kappa shape index (κ3) is 6.60. The molecule has 1 N–H and O–H groups in total. The van der Waals surface area contributed by atoms with Gasteiger partial charge in [-0.2, -0.15) is 0 Å². The highest BCUT2D eigenvalue weighted by Gasteiger charge is 2.46. The highest BCUT2D eigenvalue weighted by Crippen LogP contribution is 2.42. The van der Waals surface area contributed by atoms with Gasteiger partial charge in [0.25, 0.3) is 11.7 Å². The summed E-state index contributed by atoms with van der Waals surface area (Å²) in [7, 11) is 1.55. The van der Waals surface area contributed by atoms with Crippen LogP contribution in [0.4, 0.5) is 0 Å². The van der Waals surface area contributed by atoms with E-state index in [1.165, 1.54) is 0 Å². The number of aryl methyl sites for hydroxylation is 1. The fourth-order valence-electron chi connectivity index (χ4n) is 5.25. The van der Waals surface area contributed by atoms with Crippen LogP contribution in [0.3, 0.4) is 0 Å². The Morgan fingerprint density at radius 3 is 2.31 bits per heavy atom. The van der Waals surface area contributed by atoms with Gasteiger partial charge in [-0.25, -0.2) is 0 Å². The summed E-state index contributed by atoms with van der Waals surface area (Å²) < 4.78 is 17.2. The van der Waals surface area contributed by atoms with Crippen LogP contribution in [0, 0.1) is 6.92 Å². The quantitative estimate of drug-likeness (QED) is 0.159. The van der Waals surface area contributed by atoms with Crippen molar-refractivity contribution < 1.29 is 28.9 Å². The van der Waals surface area contributed by atoms with E-state index in [1.807, 2.05) is 56.3 Å². The van der Waals surface area contributed by atoms with Crippen LogP contribution in [0.5, 0.6) is 17.2 Å². The van der Waals surface area contributed by atoms with Crippen molar-refractivity contribution in [2.24, 2.45) is 0 Å². The molecule has 1 fully saturated rings. The predicted molar refractivity (Wildman–Crippen MR) is 163 cm³/mol. The van der Waals surface area contributed by atoms with Crippen molar-refractivity contribution in [3.8, 4) is 17.2 Å². The van der Waals surface area contributed by atoms with E-state index in [4.69, 9.17) is 14.2 Å². The number of rotatable bonds is 13. The largest absolute Gasteiger partial charge is 0.507 e. The Labute approximate surface area is 248 Å². The van der Waals surface area contributed by atoms with Crippen molar-refractivity contribution in [2.75, 3.05) is 39.9 Å². The highest BCUT2D eigenvalue weighted by atomic mass is 16.5. The number of Topliss-reactive ketones (excluding diaryl/α,β-unsaturated/α-hetero) is 1. The molecule has 0 aliphatic carbocycles. The van der Waals surface area contributed by atoms with Gasteiger partial charge in [-0.1, -0.05) is 50.2 Å². The Bertz CT molecular complexity index is 1430. The first-order valence-electron chi connectivity index (χ1n) is 14.4. The molecular weight excluding hydrogens is 532 g/mol. The molecule has 0 radical (unpaired) electrons. The molecule has 1 aliphatic heterocycles. The topological polar surface area (TPSA) is 88.5 Å². The van der Waals surface area contributed by atoms with E-state index < -0.39 is 17.7 Å². The van der Waals surface area contributed by atoms with Crippen LogP contribution in [0.1, 0.15) is 49.1 Å². The van der Waals surface area contributed by atoms with Crippen LogP contribution in [-0.2, 0) is 16.2 Å². The van der Waals surface area contributed by atoms with E-state index in [0.29, 0.717) is 54.7 Å². The number of methoxy groups -OCH3 is 1. The van der Waals surface area contributed by atoms with E-state index in [0.717, 1.165) is 24.2 Å². The first-order chi connectivity index (χ1) is 20.3. The minimum atomic E-state index is -0.793. The predicted octanol–water partition coefficient (Wildman–Crippen LogP) is 5.74. The minimum Gasteiger partial charge on any atom is -0.507 e. The monoisotopic (exact) mass is 572 g/mol. The van der Waals surface area contributed by atoms with Crippen molar-refractivity contribution in [1.29, 1.82) is 0 Å². The molecule has 3 aromatic rings. The smallest absolute Gasteiger partial charge is 0.295 e. The van der Waals surface area contributed by atoms with Gasteiger partial charge >= 0.3 is 0 Å². The van der Waals surface area contributed by atoms with Crippen LogP contribution in [0.25, 0.3) is 5.76 Å². The standard InChI is InChI=1S/C34H40N2O6/c1-6-35(7-2)18-19-36-31(25-14-17-28(41-8-3)29(21-25)40-5)30(33(38)34(36)39)32(37)27-16-15-26(20-23(27)4)42-22-24-12-10-9-11-13-24/h9-17,20-21,31,37H,6-8,18-19,22H2,1-5H3.